The minimum atomic E-state index is -0.0525. The predicted octanol–water partition coefficient (Wildman–Crippen LogP) is 2.49. The maximum absolute atomic E-state index is 12.2. The summed E-state index contributed by atoms with van der Waals surface area (Å²) in [5.74, 6) is 0.896. The Labute approximate surface area is 118 Å². The number of nitrogens with zero attached hydrogens (tertiary/aromatic N) is 1. The van der Waals surface area contributed by atoms with Gasteiger partial charge in [0.05, 0.1) is 17.2 Å². The van der Waals surface area contributed by atoms with E-state index in [1.54, 1.807) is 24.0 Å². The molecule has 0 radical (unpaired) electrons. The van der Waals surface area contributed by atoms with E-state index in [-0.39, 0.29) is 18.1 Å². The quantitative estimate of drug-likeness (QED) is 0.842. The zero-order chi connectivity index (χ0) is 13.7. The van der Waals surface area contributed by atoms with Crippen LogP contribution in [0.1, 0.15) is 37.0 Å². The highest BCUT2D eigenvalue weighted by atomic mass is 32.2. The summed E-state index contributed by atoms with van der Waals surface area (Å²) in [7, 11) is 0. The Morgan fingerprint density at radius 2 is 2.53 bits per heavy atom. The van der Waals surface area contributed by atoms with Crippen molar-refractivity contribution in [3.63, 3.8) is 0 Å². The lowest BCUT2D eigenvalue weighted by atomic mass is 10.1. The summed E-state index contributed by atoms with van der Waals surface area (Å²) in [6.45, 7) is 4.87. The molecule has 0 saturated carbocycles. The van der Waals surface area contributed by atoms with Crippen LogP contribution in [0.4, 0.5) is 0 Å². The van der Waals surface area contributed by atoms with E-state index in [1.807, 2.05) is 13.0 Å². The summed E-state index contributed by atoms with van der Waals surface area (Å²) in [6, 6.07) is 3.63. The number of carbonyl (C=O) groups is 1. The van der Waals surface area contributed by atoms with Crippen LogP contribution in [0.2, 0.25) is 0 Å². The number of carbonyl (C=O) groups excluding carboxylic acids is 1. The highest BCUT2D eigenvalue weighted by Gasteiger charge is 2.24. The van der Waals surface area contributed by atoms with E-state index < -0.39 is 0 Å². The Morgan fingerprint density at radius 3 is 3.21 bits per heavy atom. The molecule has 2 heterocycles. The normalized spacial score (nSPS) is 20.2. The number of ether oxygens (including phenoxy) is 1. The third-order valence-corrected chi connectivity index (χ3v) is 3.98. The fourth-order valence-corrected chi connectivity index (χ4v) is 2.80. The van der Waals surface area contributed by atoms with Gasteiger partial charge in [-0.25, -0.2) is 4.98 Å². The first-order valence-electron chi connectivity index (χ1n) is 6.72. The van der Waals surface area contributed by atoms with E-state index in [0.717, 1.165) is 30.2 Å². The van der Waals surface area contributed by atoms with E-state index in [2.05, 4.69) is 17.2 Å². The van der Waals surface area contributed by atoms with Gasteiger partial charge in [0.25, 0.3) is 5.91 Å². The lowest BCUT2D eigenvalue weighted by Gasteiger charge is -2.20. The minimum absolute atomic E-state index is 0.0467. The molecule has 19 heavy (non-hydrogen) atoms. The summed E-state index contributed by atoms with van der Waals surface area (Å²) < 4.78 is 5.58. The van der Waals surface area contributed by atoms with Crippen molar-refractivity contribution in [1.82, 2.24) is 10.3 Å². The zero-order valence-corrected chi connectivity index (χ0v) is 12.2. The van der Waals surface area contributed by atoms with Crippen LogP contribution in [-0.2, 0) is 4.74 Å². The van der Waals surface area contributed by atoms with E-state index in [9.17, 15) is 4.79 Å². The van der Waals surface area contributed by atoms with Crippen molar-refractivity contribution in [3.8, 4) is 0 Å². The zero-order valence-electron chi connectivity index (χ0n) is 11.4. The molecule has 2 rings (SSSR count). The van der Waals surface area contributed by atoms with Crippen LogP contribution in [0.5, 0.6) is 0 Å². The van der Waals surface area contributed by atoms with Crippen molar-refractivity contribution in [2.75, 3.05) is 12.4 Å². The first-order valence-corrected chi connectivity index (χ1v) is 7.70. The molecule has 0 bridgehead atoms. The van der Waals surface area contributed by atoms with Crippen LogP contribution in [0.15, 0.2) is 23.4 Å². The van der Waals surface area contributed by atoms with E-state index >= 15 is 0 Å². The summed E-state index contributed by atoms with van der Waals surface area (Å²) in [4.78, 5) is 16.4. The van der Waals surface area contributed by atoms with Crippen LogP contribution < -0.4 is 5.32 Å². The van der Waals surface area contributed by atoms with Gasteiger partial charge in [0.2, 0.25) is 0 Å². The van der Waals surface area contributed by atoms with Gasteiger partial charge in [-0.3, -0.25) is 4.79 Å². The fraction of sp³-hybridized carbons (Fsp3) is 0.571. The molecule has 1 aliphatic rings. The minimum Gasteiger partial charge on any atom is -0.376 e. The van der Waals surface area contributed by atoms with Gasteiger partial charge in [0, 0.05) is 18.4 Å². The fourth-order valence-electron chi connectivity index (χ4n) is 2.16. The van der Waals surface area contributed by atoms with Gasteiger partial charge in [-0.15, -0.1) is 11.8 Å². The number of thioether (sulfide) groups is 1. The van der Waals surface area contributed by atoms with Gasteiger partial charge in [-0.2, -0.15) is 0 Å². The van der Waals surface area contributed by atoms with Gasteiger partial charge in [-0.1, -0.05) is 6.92 Å². The number of hydrogen-bond donors (Lipinski definition) is 1. The van der Waals surface area contributed by atoms with Crippen molar-refractivity contribution in [1.29, 1.82) is 0 Å². The second-order valence-electron chi connectivity index (χ2n) is 4.63. The average Bonchev–Trinajstić information content (AvgIpc) is 2.93. The van der Waals surface area contributed by atoms with Crippen LogP contribution in [0, 0.1) is 0 Å². The molecular formula is C14H20N2O2S. The van der Waals surface area contributed by atoms with Crippen LogP contribution >= 0.6 is 11.8 Å². The number of pyridine rings is 1. The van der Waals surface area contributed by atoms with Crippen LogP contribution in [0.25, 0.3) is 0 Å². The highest BCUT2D eigenvalue weighted by molar-refractivity contribution is 7.99. The third kappa shape index (κ3) is 3.94. The summed E-state index contributed by atoms with van der Waals surface area (Å²) in [6.07, 6.45) is 3.94. The van der Waals surface area contributed by atoms with Crippen LogP contribution in [0.3, 0.4) is 0 Å². The molecule has 1 aromatic rings. The van der Waals surface area contributed by atoms with Crippen LogP contribution in [-0.4, -0.2) is 35.4 Å². The van der Waals surface area contributed by atoms with Crippen molar-refractivity contribution in [3.05, 3.63) is 23.9 Å². The Kier molecular flexibility index (Phi) is 5.22. The van der Waals surface area contributed by atoms with E-state index in [1.165, 1.54) is 0 Å². The molecule has 1 N–H and O–H groups in total. The SMILES string of the molecule is CCSc1cc(C(=O)N[C@H](C)[C@H]2CCCO2)ccn1. The Balaban J connectivity index is 1.96. The molecule has 4 nitrogen and oxygen atoms in total. The van der Waals surface area contributed by atoms with Gasteiger partial charge in [0.1, 0.15) is 0 Å². The van der Waals surface area contributed by atoms with Crippen molar-refractivity contribution >= 4 is 17.7 Å². The van der Waals surface area contributed by atoms with Gasteiger partial charge in [0.15, 0.2) is 0 Å². The van der Waals surface area contributed by atoms with Gasteiger partial charge in [-0.05, 0) is 37.7 Å². The Morgan fingerprint density at radius 1 is 1.68 bits per heavy atom. The predicted molar refractivity (Wildman–Crippen MR) is 76.5 cm³/mol. The largest absolute Gasteiger partial charge is 0.376 e. The molecule has 5 heteroatoms. The molecular weight excluding hydrogens is 260 g/mol. The molecule has 0 aliphatic carbocycles. The second kappa shape index (κ2) is 6.91. The molecule has 0 spiro atoms. The monoisotopic (exact) mass is 280 g/mol. The summed E-state index contributed by atoms with van der Waals surface area (Å²) in [5.41, 5.74) is 0.663. The second-order valence-corrected chi connectivity index (χ2v) is 5.91. The molecule has 104 valence electrons. The molecule has 0 unspecified atom stereocenters. The first kappa shape index (κ1) is 14.3. The Bertz CT molecular complexity index is 433. The number of nitrogens with one attached hydrogen (secondary N) is 1. The van der Waals surface area contributed by atoms with E-state index in [4.69, 9.17) is 4.74 Å². The van der Waals surface area contributed by atoms with Gasteiger partial charge >= 0.3 is 0 Å². The highest BCUT2D eigenvalue weighted by Crippen LogP contribution is 2.17. The summed E-state index contributed by atoms with van der Waals surface area (Å²) >= 11 is 1.64. The number of rotatable bonds is 5. The Hall–Kier alpha value is -1.07. The molecule has 0 aromatic carbocycles. The average molecular weight is 280 g/mol. The standard InChI is InChI=1S/C14H20N2O2S/c1-3-19-13-9-11(6-7-15-13)14(17)16-10(2)12-5-4-8-18-12/h6-7,9-10,12H,3-5,8H2,1-2H3,(H,16,17)/t10-,12-/m1/s1. The number of aromatic nitrogens is 1. The molecule has 1 saturated heterocycles. The molecule has 2 atom stereocenters. The lowest BCUT2D eigenvalue weighted by molar-refractivity contribution is 0.0712. The molecule has 1 aliphatic heterocycles. The van der Waals surface area contributed by atoms with Crippen molar-refractivity contribution in [2.45, 2.75) is 43.9 Å². The molecule has 1 amide bonds. The maximum Gasteiger partial charge on any atom is 0.251 e. The van der Waals surface area contributed by atoms with Gasteiger partial charge < -0.3 is 10.1 Å². The van der Waals surface area contributed by atoms with Crippen molar-refractivity contribution < 1.29 is 9.53 Å². The smallest absolute Gasteiger partial charge is 0.251 e. The first-order chi connectivity index (χ1) is 9.20. The number of hydrogen-bond acceptors (Lipinski definition) is 4. The molecule has 1 fully saturated rings. The van der Waals surface area contributed by atoms with Crippen molar-refractivity contribution in [2.24, 2.45) is 0 Å². The molecule has 1 aromatic heterocycles. The topological polar surface area (TPSA) is 51.2 Å². The number of amides is 1. The summed E-state index contributed by atoms with van der Waals surface area (Å²) in [5, 5.41) is 3.90. The lowest BCUT2D eigenvalue weighted by Crippen LogP contribution is -2.40. The maximum atomic E-state index is 12.2. The third-order valence-electron chi connectivity index (χ3n) is 3.17. The van der Waals surface area contributed by atoms with E-state index in [0.29, 0.717) is 5.56 Å².